The van der Waals surface area contributed by atoms with Crippen molar-refractivity contribution in [2.45, 2.75) is 19.4 Å². The number of nitriles is 1. The summed E-state index contributed by atoms with van der Waals surface area (Å²) in [6.45, 7) is 6.45. The molecule has 1 aliphatic heterocycles. The number of fused-ring (bicyclic) bond motifs is 2. The number of nitrogens with zero attached hydrogens (tertiary/aromatic N) is 5. The molecular weight excluding hydrogens is 505 g/mol. The molecule has 0 unspecified atom stereocenters. The number of benzene rings is 2. The van der Waals surface area contributed by atoms with Gasteiger partial charge in [-0.25, -0.2) is 9.37 Å². The smallest absolute Gasteiger partial charge is 0.282 e. The second-order valence-corrected chi connectivity index (χ2v) is 9.42. The van der Waals surface area contributed by atoms with E-state index in [4.69, 9.17) is 26.3 Å². The van der Waals surface area contributed by atoms with Gasteiger partial charge in [-0.15, -0.1) is 0 Å². The summed E-state index contributed by atoms with van der Waals surface area (Å²) in [5.41, 5.74) is 3.88. The molecular formula is C29H25ClFN5O2. The fraction of sp³-hybridized carbons (Fsp3) is 0.241. The number of ether oxygens (including phenoxy) is 1. The highest BCUT2D eigenvalue weighted by Gasteiger charge is 2.33. The van der Waals surface area contributed by atoms with Crippen molar-refractivity contribution < 1.29 is 13.9 Å². The van der Waals surface area contributed by atoms with Crippen molar-refractivity contribution in [1.82, 2.24) is 14.9 Å². The molecule has 1 fully saturated rings. The largest absolute Gasteiger partial charge is 0.478 e. The minimum atomic E-state index is -1.03. The van der Waals surface area contributed by atoms with Crippen LogP contribution < -0.4 is 9.64 Å². The zero-order valence-electron chi connectivity index (χ0n) is 20.8. The Morgan fingerprint density at radius 1 is 1.26 bits per heavy atom. The molecule has 9 heteroatoms. The molecule has 2 aromatic heterocycles. The van der Waals surface area contributed by atoms with E-state index in [0.717, 1.165) is 27.6 Å². The highest BCUT2D eigenvalue weighted by Crippen LogP contribution is 2.37. The molecule has 1 atom stereocenters. The quantitative estimate of drug-likeness (QED) is 0.288. The Morgan fingerprint density at radius 2 is 2.05 bits per heavy atom. The Labute approximate surface area is 224 Å². The first-order valence-electron chi connectivity index (χ1n) is 12.3. The Bertz CT molecular complexity index is 1600. The van der Waals surface area contributed by atoms with E-state index in [0.29, 0.717) is 41.6 Å². The summed E-state index contributed by atoms with van der Waals surface area (Å²) < 4.78 is 19.4. The number of amides is 1. The van der Waals surface area contributed by atoms with Gasteiger partial charge in [-0.05, 0) is 30.0 Å². The number of piperazine rings is 1. The molecule has 1 saturated heterocycles. The lowest BCUT2D eigenvalue weighted by Gasteiger charge is -2.41. The monoisotopic (exact) mass is 529 g/mol. The highest BCUT2D eigenvalue weighted by molar-refractivity contribution is 6.36. The van der Waals surface area contributed by atoms with Gasteiger partial charge in [0.25, 0.3) is 5.91 Å². The number of carbonyl (C=O) groups is 1. The summed E-state index contributed by atoms with van der Waals surface area (Å²) in [7, 11) is 0. The second-order valence-electron chi connectivity index (χ2n) is 9.01. The van der Waals surface area contributed by atoms with Gasteiger partial charge < -0.3 is 14.5 Å². The number of aromatic nitrogens is 2. The van der Waals surface area contributed by atoms with Crippen molar-refractivity contribution in [3.05, 3.63) is 72.2 Å². The number of halogens is 2. The molecule has 2 aromatic carbocycles. The molecule has 0 spiro atoms. The van der Waals surface area contributed by atoms with Gasteiger partial charge in [-0.3, -0.25) is 9.78 Å². The van der Waals surface area contributed by atoms with Gasteiger partial charge in [0.1, 0.15) is 5.52 Å². The van der Waals surface area contributed by atoms with Crippen LogP contribution in [0.2, 0.25) is 5.02 Å². The van der Waals surface area contributed by atoms with Gasteiger partial charge in [0, 0.05) is 47.9 Å². The van der Waals surface area contributed by atoms with Crippen LogP contribution >= 0.6 is 11.6 Å². The van der Waals surface area contributed by atoms with Gasteiger partial charge >= 0.3 is 0 Å². The molecule has 1 amide bonds. The van der Waals surface area contributed by atoms with E-state index < -0.39 is 17.8 Å². The molecule has 0 bridgehead atoms. The number of pyridine rings is 2. The summed E-state index contributed by atoms with van der Waals surface area (Å²) in [6.07, 6.45) is 1.86. The first kappa shape index (κ1) is 25.4. The van der Waals surface area contributed by atoms with Crippen molar-refractivity contribution in [2.75, 3.05) is 31.1 Å². The molecule has 38 heavy (non-hydrogen) atoms. The molecule has 192 valence electrons. The fourth-order valence-electron chi connectivity index (χ4n) is 5.00. The molecule has 0 aliphatic carbocycles. The van der Waals surface area contributed by atoms with Crippen LogP contribution in [0.25, 0.3) is 32.9 Å². The van der Waals surface area contributed by atoms with Crippen LogP contribution in [0.3, 0.4) is 0 Å². The van der Waals surface area contributed by atoms with Crippen LogP contribution in [-0.2, 0) is 4.79 Å². The molecule has 1 aliphatic rings. The third-order valence-corrected chi connectivity index (χ3v) is 7.02. The van der Waals surface area contributed by atoms with Crippen LogP contribution in [0, 0.1) is 11.3 Å². The Balaban J connectivity index is 1.59. The first-order valence-corrected chi connectivity index (χ1v) is 12.7. The van der Waals surface area contributed by atoms with E-state index in [-0.39, 0.29) is 13.0 Å². The average molecular weight is 530 g/mol. The van der Waals surface area contributed by atoms with Crippen molar-refractivity contribution in [1.29, 1.82) is 5.26 Å². The summed E-state index contributed by atoms with van der Waals surface area (Å²) in [4.78, 5) is 25.3. The summed E-state index contributed by atoms with van der Waals surface area (Å²) in [5.74, 6) is -1.37. The van der Waals surface area contributed by atoms with Crippen LogP contribution in [-0.4, -0.2) is 53.1 Å². The Hall–Kier alpha value is -4.22. The number of anilines is 1. The van der Waals surface area contributed by atoms with Gasteiger partial charge in [-0.2, -0.15) is 5.26 Å². The topological polar surface area (TPSA) is 82.3 Å². The van der Waals surface area contributed by atoms with E-state index in [1.54, 1.807) is 6.20 Å². The molecule has 0 saturated carbocycles. The average Bonchev–Trinajstić information content (AvgIpc) is 2.92. The summed E-state index contributed by atoms with van der Waals surface area (Å²) >= 11 is 6.57. The Kier molecular flexibility index (Phi) is 7.12. The van der Waals surface area contributed by atoms with Gasteiger partial charge in [0.2, 0.25) is 5.88 Å². The SMILES string of the molecule is C=C(F)C(=O)N1CCN(c2cc(OCC)nc3cc(-c4cccc5cccc(Cl)c45)cnc23)C[C@@H]1CC#N. The van der Waals surface area contributed by atoms with Crippen molar-refractivity contribution in [2.24, 2.45) is 0 Å². The normalized spacial score (nSPS) is 15.5. The predicted octanol–water partition coefficient (Wildman–Crippen LogP) is 5.92. The molecule has 3 heterocycles. The number of carbonyl (C=O) groups excluding carboxylic acids is 1. The second kappa shape index (κ2) is 10.6. The lowest BCUT2D eigenvalue weighted by atomic mass is 9.99. The number of hydrogen-bond acceptors (Lipinski definition) is 6. The zero-order valence-corrected chi connectivity index (χ0v) is 21.6. The minimum Gasteiger partial charge on any atom is -0.478 e. The maximum atomic E-state index is 13.6. The predicted molar refractivity (Wildman–Crippen MR) is 147 cm³/mol. The van der Waals surface area contributed by atoms with E-state index in [9.17, 15) is 14.4 Å². The van der Waals surface area contributed by atoms with Crippen molar-refractivity contribution in [3.8, 4) is 23.1 Å². The van der Waals surface area contributed by atoms with Crippen LogP contribution in [0.1, 0.15) is 13.3 Å². The van der Waals surface area contributed by atoms with E-state index in [2.05, 4.69) is 12.6 Å². The number of hydrogen-bond donors (Lipinski definition) is 0. The zero-order chi connectivity index (χ0) is 26.8. The van der Waals surface area contributed by atoms with Crippen LogP contribution in [0.4, 0.5) is 10.1 Å². The van der Waals surface area contributed by atoms with Gasteiger partial charge in [0.05, 0.1) is 36.3 Å². The fourth-order valence-corrected chi connectivity index (χ4v) is 5.28. The molecule has 7 nitrogen and oxygen atoms in total. The molecule has 0 N–H and O–H groups in total. The molecule has 5 rings (SSSR count). The van der Waals surface area contributed by atoms with Crippen molar-refractivity contribution >= 4 is 45.0 Å². The van der Waals surface area contributed by atoms with Gasteiger partial charge in [0.15, 0.2) is 5.83 Å². The maximum Gasteiger partial charge on any atom is 0.282 e. The van der Waals surface area contributed by atoms with Crippen LogP contribution in [0.5, 0.6) is 5.88 Å². The lowest BCUT2D eigenvalue weighted by Crippen LogP contribution is -2.55. The first-order chi connectivity index (χ1) is 18.4. The summed E-state index contributed by atoms with van der Waals surface area (Å²) in [5, 5.41) is 12.0. The highest BCUT2D eigenvalue weighted by atomic mass is 35.5. The van der Waals surface area contributed by atoms with Gasteiger partial charge in [-0.1, -0.05) is 48.5 Å². The molecule has 4 aromatic rings. The van der Waals surface area contributed by atoms with Crippen molar-refractivity contribution in [3.63, 3.8) is 0 Å². The maximum absolute atomic E-state index is 13.6. The number of rotatable bonds is 6. The lowest BCUT2D eigenvalue weighted by molar-refractivity contribution is -0.131. The third-order valence-electron chi connectivity index (χ3n) is 6.70. The van der Waals surface area contributed by atoms with E-state index in [1.807, 2.05) is 60.4 Å². The van der Waals surface area contributed by atoms with E-state index in [1.165, 1.54) is 4.90 Å². The minimum absolute atomic E-state index is 0.0657. The third kappa shape index (κ3) is 4.73. The summed E-state index contributed by atoms with van der Waals surface area (Å²) in [6, 6.07) is 17.2. The molecule has 0 radical (unpaired) electrons. The van der Waals surface area contributed by atoms with Crippen LogP contribution in [0.15, 0.2) is 67.1 Å². The Morgan fingerprint density at radius 3 is 2.79 bits per heavy atom. The standard InChI is InChI=1S/C29H25ClFN5O2/c1-3-38-26-15-25(35-12-13-36(29(37)18(2)31)21(17-35)10-11-32)28-24(34-26)14-20(16-33-28)22-8-4-6-19-7-5-9-23(30)27(19)22/h4-9,14-16,21H,2-3,10,12-13,17H2,1H3/t21-/m0/s1. The van der Waals surface area contributed by atoms with E-state index >= 15 is 0 Å².